The molecule has 1 heterocycles. The summed E-state index contributed by atoms with van der Waals surface area (Å²) in [5.74, 6) is 2.19. The van der Waals surface area contributed by atoms with Crippen molar-refractivity contribution in [2.45, 2.75) is 19.4 Å². The summed E-state index contributed by atoms with van der Waals surface area (Å²) in [6.07, 6.45) is 4.32. The van der Waals surface area contributed by atoms with E-state index in [1.807, 2.05) is 25.1 Å². The third-order valence-electron chi connectivity index (χ3n) is 2.28. The van der Waals surface area contributed by atoms with Gasteiger partial charge in [0.2, 0.25) is 5.95 Å². The van der Waals surface area contributed by atoms with Crippen LogP contribution in [0.15, 0.2) is 12.3 Å². The summed E-state index contributed by atoms with van der Waals surface area (Å²) in [4.78, 5) is 10.4. The Morgan fingerprint density at radius 1 is 1.53 bits per heavy atom. The van der Waals surface area contributed by atoms with Gasteiger partial charge in [-0.1, -0.05) is 0 Å². The van der Waals surface area contributed by atoms with Crippen molar-refractivity contribution in [3.63, 3.8) is 0 Å². The molecule has 0 saturated carbocycles. The van der Waals surface area contributed by atoms with E-state index in [2.05, 4.69) is 22.2 Å². The first kappa shape index (κ1) is 13.9. The van der Waals surface area contributed by atoms with Crippen LogP contribution in [-0.4, -0.2) is 46.3 Å². The second-order valence-corrected chi connectivity index (χ2v) is 5.80. The Labute approximate surface area is 105 Å². The normalized spacial score (nSPS) is 14.1. The van der Waals surface area contributed by atoms with Crippen LogP contribution in [0.25, 0.3) is 0 Å². The third-order valence-corrected chi connectivity index (χ3v) is 3.09. The van der Waals surface area contributed by atoms with Crippen LogP contribution < -0.4 is 10.2 Å². The van der Waals surface area contributed by atoms with Crippen molar-refractivity contribution in [3.8, 4) is 0 Å². The molecule has 0 aliphatic rings. The molecule has 0 amide bonds. The van der Waals surface area contributed by atoms with E-state index >= 15 is 0 Å². The van der Waals surface area contributed by atoms with Crippen LogP contribution in [0.5, 0.6) is 0 Å². The van der Waals surface area contributed by atoms with Gasteiger partial charge in [-0.25, -0.2) is 4.98 Å². The van der Waals surface area contributed by atoms with Crippen LogP contribution in [0.2, 0.25) is 0 Å². The highest BCUT2D eigenvalue weighted by Crippen LogP contribution is 2.10. The molecule has 1 aromatic heterocycles. The van der Waals surface area contributed by atoms with Crippen molar-refractivity contribution in [1.29, 1.82) is 0 Å². The van der Waals surface area contributed by atoms with Crippen LogP contribution in [-0.2, 0) is 10.8 Å². The van der Waals surface area contributed by atoms with Crippen molar-refractivity contribution in [1.82, 2.24) is 9.97 Å². The zero-order valence-corrected chi connectivity index (χ0v) is 11.6. The van der Waals surface area contributed by atoms with Gasteiger partial charge in [0.15, 0.2) is 0 Å². The highest BCUT2D eigenvalue weighted by atomic mass is 32.2. The average Bonchev–Trinajstić information content (AvgIpc) is 2.26. The van der Waals surface area contributed by atoms with Crippen molar-refractivity contribution in [3.05, 3.63) is 12.3 Å². The Morgan fingerprint density at radius 2 is 2.24 bits per heavy atom. The maximum atomic E-state index is 11.0. The maximum absolute atomic E-state index is 11.0. The Hall–Kier alpha value is -1.17. The number of rotatable bonds is 6. The lowest BCUT2D eigenvalue weighted by Gasteiger charge is -2.15. The second-order valence-electron chi connectivity index (χ2n) is 4.25. The monoisotopic (exact) mass is 256 g/mol. The number of anilines is 2. The topological polar surface area (TPSA) is 58.1 Å². The first-order valence-electron chi connectivity index (χ1n) is 5.56. The van der Waals surface area contributed by atoms with Gasteiger partial charge in [0, 0.05) is 49.1 Å². The molecule has 96 valence electrons. The van der Waals surface area contributed by atoms with Crippen molar-refractivity contribution < 1.29 is 4.21 Å². The molecule has 2 unspecified atom stereocenters. The van der Waals surface area contributed by atoms with Crippen LogP contribution in [0.3, 0.4) is 0 Å². The molecule has 5 nitrogen and oxygen atoms in total. The SMILES string of the molecule is CC(CCS(C)=O)Nc1ccnc(N(C)C)n1. The lowest BCUT2D eigenvalue weighted by Crippen LogP contribution is -2.20. The summed E-state index contributed by atoms with van der Waals surface area (Å²) in [6, 6.07) is 2.09. The molecule has 17 heavy (non-hydrogen) atoms. The molecule has 0 fully saturated rings. The number of hydrogen-bond donors (Lipinski definition) is 1. The summed E-state index contributed by atoms with van der Waals surface area (Å²) >= 11 is 0. The fourth-order valence-corrected chi connectivity index (χ4v) is 2.00. The minimum Gasteiger partial charge on any atom is -0.367 e. The molecule has 0 spiro atoms. The molecule has 6 heteroatoms. The summed E-state index contributed by atoms with van der Waals surface area (Å²) in [7, 11) is 3.07. The minimum absolute atomic E-state index is 0.254. The summed E-state index contributed by atoms with van der Waals surface area (Å²) in [5, 5.41) is 3.28. The van der Waals surface area contributed by atoms with E-state index in [1.54, 1.807) is 12.5 Å². The molecule has 0 bridgehead atoms. The smallest absolute Gasteiger partial charge is 0.226 e. The summed E-state index contributed by atoms with van der Waals surface area (Å²) < 4.78 is 11.0. The molecule has 0 aliphatic heterocycles. The van der Waals surface area contributed by atoms with E-state index < -0.39 is 10.8 Å². The molecule has 0 aromatic carbocycles. The van der Waals surface area contributed by atoms with Crippen LogP contribution in [0.4, 0.5) is 11.8 Å². The molecule has 2 atom stereocenters. The van der Waals surface area contributed by atoms with Gasteiger partial charge >= 0.3 is 0 Å². The predicted octanol–water partition coefficient (Wildman–Crippen LogP) is 1.11. The predicted molar refractivity (Wildman–Crippen MR) is 73.0 cm³/mol. The number of hydrogen-bond acceptors (Lipinski definition) is 5. The minimum atomic E-state index is -0.737. The van der Waals surface area contributed by atoms with Crippen molar-refractivity contribution >= 4 is 22.6 Å². The van der Waals surface area contributed by atoms with Crippen molar-refractivity contribution in [2.75, 3.05) is 36.3 Å². The fourth-order valence-electron chi connectivity index (χ4n) is 1.31. The lowest BCUT2D eigenvalue weighted by atomic mass is 10.2. The van der Waals surface area contributed by atoms with Crippen LogP contribution in [0.1, 0.15) is 13.3 Å². The van der Waals surface area contributed by atoms with Crippen molar-refractivity contribution in [2.24, 2.45) is 0 Å². The molecule has 0 saturated heterocycles. The van der Waals surface area contributed by atoms with Gasteiger partial charge in [-0.2, -0.15) is 4.98 Å². The van der Waals surface area contributed by atoms with Gasteiger partial charge in [-0.15, -0.1) is 0 Å². The fraction of sp³-hybridized carbons (Fsp3) is 0.636. The molecule has 0 aliphatic carbocycles. The zero-order chi connectivity index (χ0) is 12.8. The summed E-state index contributed by atoms with van der Waals surface area (Å²) in [6.45, 7) is 2.06. The van der Waals surface area contributed by atoms with E-state index in [1.165, 1.54) is 0 Å². The first-order chi connectivity index (χ1) is 7.99. The van der Waals surface area contributed by atoms with Gasteiger partial charge in [0.1, 0.15) is 5.82 Å². The average molecular weight is 256 g/mol. The zero-order valence-electron chi connectivity index (χ0n) is 10.8. The van der Waals surface area contributed by atoms with E-state index in [4.69, 9.17) is 0 Å². The number of aromatic nitrogens is 2. The molecule has 1 rings (SSSR count). The van der Waals surface area contributed by atoms with E-state index in [0.717, 1.165) is 12.2 Å². The molecular formula is C11H20N4OS. The van der Waals surface area contributed by atoms with Gasteiger partial charge < -0.3 is 10.2 Å². The number of nitrogens with one attached hydrogen (secondary N) is 1. The standard InChI is InChI=1S/C11H20N4OS/c1-9(6-8-17(4)16)13-10-5-7-12-11(14-10)15(2)3/h5,7,9H,6,8H2,1-4H3,(H,12,13,14). The molecule has 1 aromatic rings. The van der Waals surface area contributed by atoms with Crippen LogP contribution in [0, 0.1) is 0 Å². The van der Waals surface area contributed by atoms with Gasteiger partial charge in [0.05, 0.1) is 0 Å². The molecule has 1 N–H and O–H groups in total. The van der Waals surface area contributed by atoms with Gasteiger partial charge in [0.25, 0.3) is 0 Å². The maximum Gasteiger partial charge on any atom is 0.226 e. The molecular weight excluding hydrogens is 236 g/mol. The summed E-state index contributed by atoms with van der Waals surface area (Å²) in [5.41, 5.74) is 0. The van der Waals surface area contributed by atoms with E-state index in [-0.39, 0.29) is 6.04 Å². The van der Waals surface area contributed by atoms with Crippen LogP contribution >= 0.6 is 0 Å². The third kappa shape index (κ3) is 5.12. The second kappa shape index (κ2) is 6.54. The van der Waals surface area contributed by atoms with Gasteiger partial charge in [-0.3, -0.25) is 4.21 Å². The van der Waals surface area contributed by atoms with E-state index in [0.29, 0.717) is 11.7 Å². The highest BCUT2D eigenvalue weighted by Gasteiger charge is 2.06. The quantitative estimate of drug-likeness (QED) is 0.826. The lowest BCUT2D eigenvalue weighted by molar-refractivity contribution is 0.678. The molecule has 0 radical (unpaired) electrons. The first-order valence-corrected chi connectivity index (χ1v) is 7.28. The van der Waals surface area contributed by atoms with Gasteiger partial charge in [-0.05, 0) is 19.4 Å². The highest BCUT2D eigenvalue weighted by molar-refractivity contribution is 7.84. The Kier molecular flexibility index (Phi) is 5.34. The van der Waals surface area contributed by atoms with E-state index in [9.17, 15) is 4.21 Å². The Bertz CT molecular complexity index is 383. The largest absolute Gasteiger partial charge is 0.367 e. The Balaban J connectivity index is 2.55. The number of nitrogens with zero attached hydrogens (tertiary/aromatic N) is 3. The Morgan fingerprint density at radius 3 is 2.82 bits per heavy atom.